The second-order valence-electron chi connectivity index (χ2n) is 12.6. The Morgan fingerprint density at radius 2 is 0.603 bits per heavy atom. The number of hydrogen-bond donors (Lipinski definition) is 2. The summed E-state index contributed by atoms with van der Waals surface area (Å²) in [4.78, 5) is 14.4. The molecule has 0 bridgehead atoms. The molecule has 1 amide bonds. The average Bonchev–Trinajstić information content (AvgIpc) is 3.19. The van der Waals surface area contributed by atoms with E-state index in [1.54, 1.807) is 0 Å². The van der Waals surface area contributed by atoms with Crippen LogP contribution in [0.2, 0.25) is 0 Å². The van der Waals surface area contributed by atoms with Crippen molar-refractivity contribution in [3.05, 3.63) is 0 Å². The maximum absolute atomic E-state index is 11.5. The van der Waals surface area contributed by atoms with Gasteiger partial charge in [-0.05, 0) is 20.8 Å². The van der Waals surface area contributed by atoms with Crippen molar-refractivity contribution in [2.75, 3.05) is 211 Å². The largest absolute Gasteiger partial charge is 0.444 e. The summed E-state index contributed by atoms with van der Waals surface area (Å²) >= 11 is 0. The van der Waals surface area contributed by atoms with E-state index in [4.69, 9.17) is 81.3 Å². The normalized spacial score (nSPS) is 11.6. The number of carbonyl (C=O) groups excluding carboxylic acids is 1. The van der Waals surface area contributed by atoms with Crippen molar-refractivity contribution in [2.45, 2.75) is 26.4 Å². The van der Waals surface area contributed by atoms with E-state index in [1.807, 2.05) is 20.8 Å². The summed E-state index contributed by atoms with van der Waals surface area (Å²) < 4.78 is 86.8. The Morgan fingerprint density at radius 1 is 0.397 bits per heavy atom. The number of amides is 1. The monoisotopic (exact) mass is 848 g/mol. The summed E-state index contributed by atoms with van der Waals surface area (Å²) in [6.07, 6.45) is -0.456. The van der Waals surface area contributed by atoms with Crippen molar-refractivity contribution in [3.8, 4) is 0 Å². The second-order valence-corrected chi connectivity index (χ2v) is 12.6. The SMILES string of the molecule is CC(C)(C)OC(=O)NCCOCCOCCOCCOCCOCCOCCOCCOCCOCCOCCOCCOCCOCCOCCOCCN=[N+]=N. The van der Waals surface area contributed by atoms with E-state index in [9.17, 15) is 4.79 Å². The average molecular weight is 848 g/mol. The lowest BCUT2D eigenvalue weighted by molar-refractivity contribution is -0.0300. The van der Waals surface area contributed by atoms with Crippen LogP contribution < -0.4 is 10.2 Å². The highest BCUT2D eigenvalue weighted by Crippen LogP contribution is 2.06. The zero-order chi connectivity index (χ0) is 42.1. The lowest BCUT2D eigenvalue weighted by Gasteiger charge is -2.19. The molecule has 0 saturated heterocycles. The van der Waals surface area contributed by atoms with Gasteiger partial charge in [0.15, 0.2) is 0 Å². The minimum absolute atomic E-state index is 0.377. The lowest BCUT2D eigenvalue weighted by Crippen LogP contribution is -2.34. The zero-order valence-electron chi connectivity index (χ0n) is 35.5. The van der Waals surface area contributed by atoms with Crippen LogP contribution in [-0.2, 0) is 75.8 Å². The molecule has 21 nitrogen and oxygen atoms in total. The number of nitrogens with zero attached hydrogens (tertiary/aromatic N) is 2. The number of nitrogens with one attached hydrogen (secondary N) is 2. The van der Waals surface area contributed by atoms with Gasteiger partial charge >= 0.3 is 6.09 Å². The Balaban J connectivity index is 3.10. The molecule has 21 heteroatoms. The van der Waals surface area contributed by atoms with Crippen molar-refractivity contribution in [1.29, 1.82) is 5.53 Å². The molecular formula is C37H75N4O17+. The quantitative estimate of drug-likeness (QED) is 0.0500. The fourth-order valence-electron chi connectivity index (χ4n) is 3.88. The number of carbonyl (C=O) groups is 1. The van der Waals surface area contributed by atoms with E-state index in [1.165, 1.54) is 0 Å². The molecule has 0 spiro atoms. The van der Waals surface area contributed by atoms with Gasteiger partial charge in [-0.3, -0.25) is 0 Å². The molecule has 0 rings (SSSR count). The zero-order valence-corrected chi connectivity index (χ0v) is 35.5. The first-order chi connectivity index (χ1) is 28.5. The fraction of sp³-hybridized carbons (Fsp3) is 0.973. The molecule has 0 fully saturated rings. The van der Waals surface area contributed by atoms with Gasteiger partial charge in [-0.15, -0.1) is 0 Å². The lowest BCUT2D eigenvalue weighted by atomic mass is 10.2. The topological polar surface area (TPSA) is 227 Å². The highest BCUT2D eigenvalue weighted by Gasteiger charge is 2.15. The van der Waals surface area contributed by atoms with Crippen LogP contribution >= 0.6 is 0 Å². The molecule has 0 saturated carbocycles. The molecule has 0 atom stereocenters. The molecule has 0 aromatic heterocycles. The highest BCUT2D eigenvalue weighted by molar-refractivity contribution is 5.67. The van der Waals surface area contributed by atoms with E-state index in [2.05, 4.69) is 15.3 Å². The standard InChI is InChI=1S/C37H74N4O17/c1-37(2,3)58-36(42)39-4-6-43-8-10-45-12-14-47-16-18-49-20-22-51-24-26-53-28-30-55-32-34-57-35-33-56-31-29-54-27-25-52-23-21-50-19-17-48-15-13-46-11-9-44-7-5-40-41-38/h38H,4-35H2,1-3H3/p+1. The molecule has 0 aliphatic heterocycles. The van der Waals surface area contributed by atoms with Crippen molar-refractivity contribution >= 4 is 6.09 Å². The molecular weight excluding hydrogens is 772 g/mol. The Bertz CT molecular complexity index is 889. The summed E-state index contributed by atoms with van der Waals surface area (Å²) in [5.74, 6) is 0. The molecule has 0 aliphatic rings. The van der Waals surface area contributed by atoms with Crippen molar-refractivity contribution in [3.63, 3.8) is 0 Å². The molecule has 2 N–H and O–H groups in total. The Labute approximate surface area is 345 Å². The van der Waals surface area contributed by atoms with E-state index >= 15 is 0 Å². The van der Waals surface area contributed by atoms with Gasteiger partial charge in [0.1, 0.15) is 22.8 Å². The summed E-state index contributed by atoms with van der Waals surface area (Å²) in [7, 11) is 0. The van der Waals surface area contributed by atoms with Gasteiger partial charge in [-0.2, -0.15) is 0 Å². The van der Waals surface area contributed by atoms with Crippen LogP contribution in [0.15, 0.2) is 5.11 Å². The summed E-state index contributed by atoms with van der Waals surface area (Å²) in [6, 6.07) is 0. The summed E-state index contributed by atoms with van der Waals surface area (Å²) in [5.41, 5.74) is 6.01. The maximum Gasteiger partial charge on any atom is 0.407 e. The molecule has 0 radical (unpaired) electrons. The molecule has 0 aliphatic carbocycles. The van der Waals surface area contributed by atoms with Crippen LogP contribution in [0, 0.1) is 5.53 Å². The van der Waals surface area contributed by atoms with Crippen LogP contribution in [0.3, 0.4) is 0 Å². The number of alkyl carbamates (subject to hydrolysis) is 1. The van der Waals surface area contributed by atoms with Gasteiger partial charge in [-0.25, -0.2) is 4.79 Å². The third kappa shape index (κ3) is 52.0. The van der Waals surface area contributed by atoms with Crippen LogP contribution in [0.5, 0.6) is 0 Å². The minimum atomic E-state index is -0.517. The van der Waals surface area contributed by atoms with Gasteiger partial charge in [0.2, 0.25) is 4.91 Å². The smallest absolute Gasteiger partial charge is 0.407 e. The van der Waals surface area contributed by atoms with Gasteiger partial charge in [0.05, 0.1) is 198 Å². The van der Waals surface area contributed by atoms with Crippen LogP contribution in [0.4, 0.5) is 4.79 Å². The van der Waals surface area contributed by atoms with Crippen LogP contribution in [0.25, 0.3) is 0 Å². The first kappa shape index (κ1) is 56.0. The minimum Gasteiger partial charge on any atom is -0.444 e. The maximum atomic E-state index is 11.5. The van der Waals surface area contributed by atoms with Gasteiger partial charge in [0, 0.05) is 6.54 Å². The number of ether oxygens (including phenoxy) is 16. The molecule has 58 heavy (non-hydrogen) atoms. The van der Waals surface area contributed by atoms with Gasteiger partial charge in [0.25, 0.3) is 0 Å². The number of hydrogen-bond acceptors (Lipinski definition) is 19. The molecule has 0 unspecified atom stereocenters. The van der Waals surface area contributed by atoms with E-state index < -0.39 is 11.7 Å². The first-order valence-corrected chi connectivity index (χ1v) is 20.1. The van der Waals surface area contributed by atoms with E-state index in [0.717, 1.165) is 0 Å². The third-order valence-corrected chi connectivity index (χ3v) is 6.53. The van der Waals surface area contributed by atoms with Crippen LogP contribution in [-0.4, -0.2) is 223 Å². The van der Waals surface area contributed by atoms with Gasteiger partial charge < -0.3 is 81.1 Å². The Kier molecular flexibility index (Phi) is 46.0. The Morgan fingerprint density at radius 3 is 0.810 bits per heavy atom. The first-order valence-electron chi connectivity index (χ1n) is 20.1. The second kappa shape index (κ2) is 47.7. The Hall–Kier alpha value is -2.02. The highest BCUT2D eigenvalue weighted by atomic mass is 16.6. The fourth-order valence-corrected chi connectivity index (χ4v) is 3.88. The predicted octanol–water partition coefficient (Wildman–Crippen LogP) is 1.31. The molecule has 344 valence electrons. The van der Waals surface area contributed by atoms with E-state index in [-0.39, 0.29) is 0 Å². The van der Waals surface area contributed by atoms with Crippen molar-refractivity contribution in [1.82, 2.24) is 10.2 Å². The van der Waals surface area contributed by atoms with Crippen molar-refractivity contribution in [2.24, 2.45) is 5.11 Å². The summed E-state index contributed by atoms with van der Waals surface area (Å²) in [5, 5.41) is 6.11. The van der Waals surface area contributed by atoms with Crippen molar-refractivity contribution < 1.29 is 80.6 Å². The predicted molar refractivity (Wildman–Crippen MR) is 209 cm³/mol. The molecule has 0 aromatic rings. The van der Waals surface area contributed by atoms with Crippen LogP contribution in [0.1, 0.15) is 20.8 Å². The molecule has 0 aromatic carbocycles. The van der Waals surface area contributed by atoms with Gasteiger partial charge in [-0.1, -0.05) is 0 Å². The molecule has 0 heterocycles. The third-order valence-electron chi connectivity index (χ3n) is 6.53. The number of rotatable bonds is 48. The van der Waals surface area contributed by atoms with E-state index in [0.29, 0.717) is 211 Å². The summed E-state index contributed by atoms with van der Waals surface area (Å²) in [6.45, 7) is 20.5.